The molecule has 0 saturated carbocycles. The molecule has 0 unspecified atom stereocenters. The van der Waals surface area contributed by atoms with Gasteiger partial charge in [0.1, 0.15) is 0 Å². The van der Waals surface area contributed by atoms with E-state index in [0.717, 1.165) is 31.5 Å². The fourth-order valence-corrected chi connectivity index (χ4v) is 6.63. The topological polar surface area (TPSA) is 138 Å². The van der Waals surface area contributed by atoms with Crippen molar-refractivity contribution in [3.8, 4) is 11.5 Å². The van der Waals surface area contributed by atoms with Crippen molar-refractivity contribution in [3.05, 3.63) is 54.1 Å². The molecule has 4 rings (SSSR count). The van der Waals surface area contributed by atoms with Gasteiger partial charge in [-0.25, -0.2) is 8.42 Å². The number of benzene rings is 2. The normalized spacial score (nSPS) is 15.8. The average Bonchev–Trinajstić information content (AvgIpc) is 3.71. The first-order valence-electron chi connectivity index (χ1n) is 15.9. The Kier molecular flexibility index (Phi) is 14.6. The van der Waals surface area contributed by atoms with Crippen LogP contribution in [0, 0.1) is 5.92 Å². The molecule has 0 bridgehead atoms. The van der Waals surface area contributed by atoms with E-state index in [-0.39, 0.29) is 56.1 Å². The van der Waals surface area contributed by atoms with Gasteiger partial charge >= 0.3 is 0 Å². The predicted octanol–water partition coefficient (Wildman–Crippen LogP) is 3.17. The zero-order valence-electron chi connectivity index (χ0n) is 27.0. The van der Waals surface area contributed by atoms with Crippen LogP contribution in [0.25, 0.3) is 0 Å². The highest BCUT2D eigenvalue weighted by molar-refractivity contribution is 7.89. The maximum Gasteiger partial charge on any atom is 0.243 e. The number of hydrogen-bond donors (Lipinski definition) is 3. The number of sulfonamides is 1. The summed E-state index contributed by atoms with van der Waals surface area (Å²) in [5.74, 6) is 0.0857. The molecule has 0 spiro atoms. The molecule has 11 nitrogen and oxygen atoms in total. The Morgan fingerprint density at radius 1 is 0.956 bits per heavy atom. The predicted molar refractivity (Wildman–Crippen MR) is 174 cm³/mol. The van der Waals surface area contributed by atoms with Crippen molar-refractivity contribution in [1.29, 1.82) is 0 Å². The number of unbranched alkanes of at least 4 members (excludes halogenated alkanes) is 1. The van der Waals surface area contributed by atoms with Crippen LogP contribution in [0.4, 0.5) is 0 Å². The van der Waals surface area contributed by atoms with Crippen molar-refractivity contribution in [3.63, 3.8) is 0 Å². The van der Waals surface area contributed by atoms with Crippen molar-refractivity contribution >= 4 is 21.8 Å². The van der Waals surface area contributed by atoms with Gasteiger partial charge in [0, 0.05) is 19.2 Å². The third kappa shape index (κ3) is 11.6. The van der Waals surface area contributed by atoms with E-state index in [1.807, 2.05) is 49.1 Å². The Bertz CT molecular complexity index is 1320. The van der Waals surface area contributed by atoms with Crippen molar-refractivity contribution in [1.82, 2.24) is 19.8 Å². The molecule has 45 heavy (non-hydrogen) atoms. The minimum Gasteiger partial charge on any atom is -0.454 e. The summed E-state index contributed by atoms with van der Waals surface area (Å²) in [6, 6.07) is 13.0. The molecule has 2 aromatic rings. The number of fused-ring (bicyclic) bond motifs is 1. The number of nitrogens with one attached hydrogen (secondary N) is 2. The number of hydrogen-bond acceptors (Lipinski definition) is 8. The van der Waals surface area contributed by atoms with Crippen LogP contribution in [0.2, 0.25) is 0 Å². The van der Waals surface area contributed by atoms with Crippen LogP contribution in [0.5, 0.6) is 11.5 Å². The third-order valence-electron chi connectivity index (χ3n) is 7.56. The van der Waals surface area contributed by atoms with Gasteiger partial charge in [-0.15, -0.1) is 0 Å². The Labute approximate surface area is 268 Å². The minimum absolute atomic E-state index is 0.0207. The Morgan fingerprint density at radius 2 is 1.62 bits per heavy atom. The molecule has 2 aromatic carbocycles. The van der Waals surface area contributed by atoms with Crippen LogP contribution in [-0.4, -0.2) is 92.8 Å². The first-order chi connectivity index (χ1) is 21.5. The highest BCUT2D eigenvalue weighted by Gasteiger charge is 2.32. The summed E-state index contributed by atoms with van der Waals surface area (Å²) in [4.78, 5) is 27.2. The number of carbonyl (C=O) groups is 2. The smallest absolute Gasteiger partial charge is 0.243 e. The van der Waals surface area contributed by atoms with E-state index in [9.17, 15) is 23.1 Å². The van der Waals surface area contributed by atoms with Gasteiger partial charge in [-0.1, -0.05) is 70.9 Å². The molecular formula is C33H50N4O7S. The van der Waals surface area contributed by atoms with Crippen LogP contribution < -0.4 is 20.1 Å². The molecule has 2 amide bonds. The van der Waals surface area contributed by atoms with Crippen LogP contribution in [-0.2, 0) is 26.0 Å². The van der Waals surface area contributed by atoms with E-state index >= 15 is 0 Å². The van der Waals surface area contributed by atoms with E-state index in [4.69, 9.17) is 9.47 Å². The van der Waals surface area contributed by atoms with E-state index in [1.54, 1.807) is 6.07 Å². The van der Waals surface area contributed by atoms with E-state index in [1.165, 1.54) is 29.3 Å². The summed E-state index contributed by atoms with van der Waals surface area (Å²) in [6.07, 6.45) is 3.80. The number of carbonyl (C=O) groups excluding carboxylic acids is 2. The fraction of sp³-hybridized carbons (Fsp3) is 0.576. The lowest BCUT2D eigenvalue weighted by Crippen LogP contribution is -2.53. The lowest BCUT2D eigenvalue weighted by Gasteiger charge is -2.31. The maximum absolute atomic E-state index is 13.7. The van der Waals surface area contributed by atoms with Crippen molar-refractivity contribution in [2.24, 2.45) is 5.92 Å². The number of aliphatic hydroxyl groups excluding tert-OH is 1. The van der Waals surface area contributed by atoms with Crippen LogP contribution >= 0.6 is 0 Å². The fourth-order valence-electron chi connectivity index (χ4n) is 4.99. The SMILES string of the molecule is CC(C)CN(C[C@@H](O)[C@H](Cc1ccccc1)NC(=O)CNC(=O)CN1CCCC1)S(=O)(=O)c1ccc2c(c1)OCO2.CCCC. The first kappa shape index (κ1) is 36.3. The molecular weight excluding hydrogens is 596 g/mol. The van der Waals surface area contributed by atoms with Gasteiger partial charge < -0.3 is 25.2 Å². The Balaban J connectivity index is 0.00000130. The summed E-state index contributed by atoms with van der Waals surface area (Å²) in [5, 5.41) is 16.8. The number of aliphatic hydroxyl groups is 1. The summed E-state index contributed by atoms with van der Waals surface area (Å²) >= 11 is 0. The zero-order valence-corrected chi connectivity index (χ0v) is 27.9. The van der Waals surface area contributed by atoms with Crippen LogP contribution in [0.15, 0.2) is 53.4 Å². The first-order valence-corrected chi connectivity index (χ1v) is 17.4. The monoisotopic (exact) mass is 646 g/mol. The molecule has 250 valence electrons. The summed E-state index contributed by atoms with van der Waals surface area (Å²) in [5.41, 5.74) is 0.865. The molecule has 2 aliphatic heterocycles. The standard InChI is InChI=1S/C29H40N4O7S.C4H10/c1-21(2)17-33(41(37,38)23-10-11-26-27(15-23)40-20-39-26)18-25(34)24(14-22-8-4-3-5-9-22)31-28(35)16-30-29(36)19-32-12-6-7-13-32;1-3-4-2/h3-5,8-11,15,21,24-25,34H,6-7,12-14,16-20H2,1-2H3,(H,30,36)(H,31,35);3-4H2,1-2H3/t24-,25+;/m0./s1. The van der Waals surface area contributed by atoms with Crippen molar-refractivity contribution in [2.45, 2.75) is 76.8 Å². The molecule has 0 radical (unpaired) electrons. The molecule has 2 aliphatic rings. The van der Waals surface area contributed by atoms with E-state index in [2.05, 4.69) is 24.5 Å². The second kappa shape index (κ2) is 18.1. The zero-order chi connectivity index (χ0) is 32.8. The van der Waals surface area contributed by atoms with Gasteiger partial charge in [0.05, 0.1) is 30.1 Å². The highest BCUT2D eigenvalue weighted by Crippen LogP contribution is 2.34. The highest BCUT2D eigenvalue weighted by atomic mass is 32.2. The molecule has 3 N–H and O–H groups in total. The maximum atomic E-state index is 13.7. The second-order valence-electron chi connectivity index (χ2n) is 11.9. The third-order valence-corrected chi connectivity index (χ3v) is 9.39. The molecule has 0 aliphatic carbocycles. The van der Waals surface area contributed by atoms with Crippen LogP contribution in [0.1, 0.15) is 58.9 Å². The number of rotatable bonds is 15. The van der Waals surface area contributed by atoms with Crippen molar-refractivity contribution in [2.75, 3.05) is 46.1 Å². The molecule has 1 saturated heterocycles. The van der Waals surface area contributed by atoms with Gasteiger partial charge in [-0.2, -0.15) is 4.31 Å². The number of nitrogens with zero attached hydrogens (tertiary/aromatic N) is 2. The Hall–Kier alpha value is -3.19. The largest absolute Gasteiger partial charge is 0.454 e. The summed E-state index contributed by atoms with van der Waals surface area (Å²) < 4.78 is 39.3. The van der Waals surface area contributed by atoms with Crippen molar-refractivity contribution < 1.29 is 32.6 Å². The van der Waals surface area contributed by atoms with Crippen LogP contribution in [0.3, 0.4) is 0 Å². The lowest BCUT2D eigenvalue weighted by atomic mass is 10.0. The second-order valence-corrected chi connectivity index (χ2v) is 13.9. The number of ether oxygens (including phenoxy) is 2. The minimum atomic E-state index is -4.02. The van der Waals surface area contributed by atoms with Gasteiger partial charge in [-0.3, -0.25) is 14.5 Å². The Morgan fingerprint density at radius 3 is 2.27 bits per heavy atom. The molecule has 0 aromatic heterocycles. The summed E-state index contributed by atoms with van der Waals surface area (Å²) in [6.45, 7) is 9.82. The quantitative estimate of drug-likeness (QED) is 0.269. The summed E-state index contributed by atoms with van der Waals surface area (Å²) in [7, 11) is -4.02. The lowest BCUT2D eigenvalue weighted by molar-refractivity contribution is -0.127. The van der Waals surface area contributed by atoms with E-state index in [0.29, 0.717) is 11.5 Å². The van der Waals surface area contributed by atoms with Gasteiger partial charge in [0.25, 0.3) is 0 Å². The van der Waals surface area contributed by atoms with E-state index < -0.39 is 28.1 Å². The van der Waals surface area contributed by atoms with Gasteiger partial charge in [0.2, 0.25) is 28.6 Å². The number of amides is 2. The molecule has 2 heterocycles. The average molecular weight is 647 g/mol. The van der Waals surface area contributed by atoms with Gasteiger partial charge in [-0.05, 0) is 56.0 Å². The molecule has 2 atom stereocenters. The van der Waals surface area contributed by atoms with Gasteiger partial charge in [0.15, 0.2) is 11.5 Å². The molecule has 12 heteroatoms. The number of likely N-dealkylation sites (tertiary alicyclic amines) is 1. The molecule has 1 fully saturated rings.